The van der Waals surface area contributed by atoms with E-state index in [2.05, 4.69) is 22.0 Å². The monoisotopic (exact) mass is 312 g/mol. The number of hydrogen-bond donors (Lipinski definition) is 1. The normalized spacial score (nSPS) is 12.2. The lowest BCUT2D eigenvalue weighted by Crippen LogP contribution is -2.08. The lowest BCUT2D eigenvalue weighted by atomic mass is 10.3. The third-order valence-electron chi connectivity index (χ3n) is 3.13. The van der Waals surface area contributed by atoms with E-state index in [1.807, 2.05) is 66.0 Å². The van der Waals surface area contributed by atoms with Crippen molar-refractivity contribution in [2.24, 2.45) is 0 Å². The zero-order chi connectivity index (χ0) is 15.4. The fraction of sp³-hybridized carbons (Fsp3) is 0.125. The van der Waals surface area contributed by atoms with Gasteiger partial charge in [0.15, 0.2) is 8.30 Å². The first kappa shape index (κ1) is 14.7. The minimum absolute atomic E-state index is 0.702. The van der Waals surface area contributed by atoms with Gasteiger partial charge in [-0.15, -0.1) is 11.7 Å². The molecule has 0 fully saturated rings. The summed E-state index contributed by atoms with van der Waals surface area (Å²) in [6, 6.07) is 15.7. The van der Waals surface area contributed by atoms with Crippen LogP contribution in [0.1, 0.15) is 0 Å². The van der Waals surface area contributed by atoms with Crippen LogP contribution in [0, 0.1) is 0 Å². The number of rotatable bonds is 6. The zero-order valence-corrected chi connectivity index (χ0v) is 13.2. The maximum Gasteiger partial charge on any atom is 0.158 e. The Hall–Kier alpha value is -2.23. The van der Waals surface area contributed by atoms with E-state index in [1.54, 1.807) is 0 Å². The Morgan fingerprint density at radius 1 is 1.23 bits per heavy atom. The van der Waals surface area contributed by atoms with Crippen LogP contribution in [0.5, 0.6) is 5.75 Å². The van der Waals surface area contributed by atoms with Gasteiger partial charge in [0.05, 0.1) is 11.2 Å². The van der Waals surface area contributed by atoms with Crippen LogP contribution in [-0.2, 0) is 0 Å². The Kier molecular flexibility index (Phi) is 4.47. The molecule has 2 aromatic carbocycles. The molecule has 0 bridgehead atoms. The van der Waals surface area contributed by atoms with Crippen LogP contribution < -0.4 is 9.61 Å². The van der Waals surface area contributed by atoms with E-state index in [4.69, 9.17) is 4.52 Å². The van der Waals surface area contributed by atoms with Gasteiger partial charge >= 0.3 is 0 Å². The van der Waals surface area contributed by atoms with E-state index in [9.17, 15) is 0 Å². The van der Waals surface area contributed by atoms with Crippen LogP contribution in [0.4, 0.5) is 0 Å². The molecule has 0 saturated carbocycles. The second-order valence-corrected chi connectivity index (χ2v) is 6.22. The lowest BCUT2D eigenvalue weighted by molar-refractivity contribution is 0.606. The molecule has 0 saturated heterocycles. The molecule has 6 heteroatoms. The van der Waals surface area contributed by atoms with Gasteiger partial charge in [-0.3, -0.25) is 5.09 Å². The van der Waals surface area contributed by atoms with Gasteiger partial charge in [0.25, 0.3) is 0 Å². The average Bonchev–Trinajstić information content (AvgIpc) is 2.98. The van der Waals surface area contributed by atoms with Gasteiger partial charge in [0.2, 0.25) is 0 Å². The third-order valence-corrected chi connectivity index (χ3v) is 4.25. The Balaban J connectivity index is 1.78. The molecule has 112 valence electrons. The molecule has 0 aliphatic rings. The Labute approximate surface area is 130 Å². The maximum atomic E-state index is 5.84. The highest BCUT2D eigenvalue weighted by Gasteiger charge is 2.07. The minimum Gasteiger partial charge on any atom is -0.459 e. The quantitative estimate of drug-likeness (QED) is 0.559. The van der Waals surface area contributed by atoms with Crippen molar-refractivity contribution in [3.8, 4) is 11.4 Å². The van der Waals surface area contributed by atoms with Crippen LogP contribution in [0.15, 0.2) is 61.2 Å². The van der Waals surface area contributed by atoms with E-state index in [0.29, 0.717) is 0 Å². The molecular formula is C16H17N4OP. The third kappa shape index (κ3) is 3.16. The van der Waals surface area contributed by atoms with E-state index in [1.165, 1.54) is 0 Å². The summed E-state index contributed by atoms with van der Waals surface area (Å²) in [5.74, 6) is 0.832. The van der Waals surface area contributed by atoms with E-state index >= 15 is 0 Å². The van der Waals surface area contributed by atoms with Crippen LogP contribution >= 0.6 is 8.30 Å². The molecule has 1 N–H and O–H groups in total. The van der Waals surface area contributed by atoms with Crippen LogP contribution in [0.25, 0.3) is 16.7 Å². The summed E-state index contributed by atoms with van der Waals surface area (Å²) in [4.78, 5) is 0. The molecule has 1 atom stereocenters. The van der Waals surface area contributed by atoms with Gasteiger partial charge < -0.3 is 4.52 Å². The van der Waals surface area contributed by atoms with Gasteiger partial charge in [0.1, 0.15) is 11.3 Å². The smallest absolute Gasteiger partial charge is 0.158 e. The van der Waals surface area contributed by atoms with E-state index < -0.39 is 8.30 Å². The van der Waals surface area contributed by atoms with Crippen molar-refractivity contribution in [1.29, 1.82) is 0 Å². The second-order valence-electron chi connectivity index (χ2n) is 4.72. The topological polar surface area (TPSA) is 52.0 Å². The lowest BCUT2D eigenvalue weighted by Gasteiger charge is -2.14. The highest BCUT2D eigenvalue weighted by atomic mass is 31.2. The summed E-state index contributed by atoms with van der Waals surface area (Å²) in [5.41, 5.74) is 2.83. The molecular weight excluding hydrogens is 295 g/mol. The fourth-order valence-corrected chi connectivity index (χ4v) is 2.98. The summed E-state index contributed by atoms with van der Waals surface area (Å²) in [7, 11) is -0.702. The van der Waals surface area contributed by atoms with Gasteiger partial charge in [-0.2, -0.15) is 0 Å². The first-order valence-electron chi connectivity index (χ1n) is 6.95. The minimum atomic E-state index is -0.702. The molecule has 3 aromatic rings. The van der Waals surface area contributed by atoms with Gasteiger partial charge in [0, 0.05) is 13.2 Å². The predicted molar refractivity (Wildman–Crippen MR) is 90.5 cm³/mol. The SMILES string of the molecule is C=CCNP(C)Oc1ccc(-n2nnc3ccccc32)cc1. The number of fused-ring (bicyclic) bond motifs is 1. The summed E-state index contributed by atoms with van der Waals surface area (Å²) >= 11 is 0. The molecule has 0 amide bonds. The van der Waals surface area contributed by atoms with Crippen molar-refractivity contribution >= 4 is 19.3 Å². The molecule has 0 radical (unpaired) electrons. The molecule has 3 rings (SSSR count). The number of aromatic nitrogens is 3. The molecule has 22 heavy (non-hydrogen) atoms. The summed E-state index contributed by atoms with van der Waals surface area (Å²) < 4.78 is 7.66. The highest BCUT2D eigenvalue weighted by molar-refractivity contribution is 7.49. The Bertz CT molecular complexity index is 769. The largest absolute Gasteiger partial charge is 0.459 e. The molecule has 0 aliphatic heterocycles. The molecule has 0 aliphatic carbocycles. The number of nitrogens with one attached hydrogen (secondary N) is 1. The van der Waals surface area contributed by atoms with Crippen molar-refractivity contribution in [3.05, 3.63) is 61.2 Å². The van der Waals surface area contributed by atoms with Crippen molar-refractivity contribution in [2.75, 3.05) is 13.2 Å². The van der Waals surface area contributed by atoms with Gasteiger partial charge in [-0.25, -0.2) is 4.68 Å². The second kappa shape index (κ2) is 6.69. The molecule has 1 unspecified atom stereocenters. The first-order chi connectivity index (χ1) is 10.8. The number of para-hydroxylation sites is 1. The van der Waals surface area contributed by atoms with E-state index in [0.717, 1.165) is 29.0 Å². The van der Waals surface area contributed by atoms with Crippen molar-refractivity contribution in [3.63, 3.8) is 0 Å². The Morgan fingerprint density at radius 3 is 2.77 bits per heavy atom. The van der Waals surface area contributed by atoms with Crippen LogP contribution in [-0.4, -0.2) is 28.2 Å². The molecule has 0 spiro atoms. The maximum absolute atomic E-state index is 5.84. The summed E-state index contributed by atoms with van der Waals surface area (Å²) in [6.45, 7) is 6.45. The van der Waals surface area contributed by atoms with Gasteiger partial charge in [-0.05, 0) is 36.4 Å². The Morgan fingerprint density at radius 2 is 2.00 bits per heavy atom. The van der Waals surface area contributed by atoms with Crippen molar-refractivity contribution in [2.45, 2.75) is 0 Å². The summed E-state index contributed by atoms with van der Waals surface area (Å²) in [5, 5.41) is 11.6. The molecule has 1 heterocycles. The highest BCUT2D eigenvalue weighted by Crippen LogP contribution is 2.30. The summed E-state index contributed by atoms with van der Waals surface area (Å²) in [6.07, 6.45) is 1.82. The standard InChI is InChI=1S/C16H17N4OP/c1-3-12-17-22(2)21-14-10-8-13(9-11-14)20-16-7-5-4-6-15(16)18-19-20/h3-11,17H,1,12H2,2H3. The van der Waals surface area contributed by atoms with Gasteiger partial charge in [-0.1, -0.05) is 23.4 Å². The first-order valence-corrected chi connectivity index (χ1v) is 8.65. The average molecular weight is 312 g/mol. The van der Waals surface area contributed by atoms with Crippen LogP contribution in [0.2, 0.25) is 0 Å². The van der Waals surface area contributed by atoms with E-state index in [-0.39, 0.29) is 0 Å². The van der Waals surface area contributed by atoms with Crippen LogP contribution in [0.3, 0.4) is 0 Å². The zero-order valence-electron chi connectivity index (χ0n) is 12.3. The number of benzene rings is 2. The number of nitrogens with zero attached hydrogens (tertiary/aromatic N) is 3. The molecule has 5 nitrogen and oxygen atoms in total. The molecule has 1 aromatic heterocycles. The predicted octanol–water partition coefficient (Wildman–Crippen LogP) is 3.52. The fourth-order valence-electron chi connectivity index (χ4n) is 2.09. The van der Waals surface area contributed by atoms with Crippen molar-refractivity contribution < 1.29 is 4.52 Å². The van der Waals surface area contributed by atoms with Crippen molar-refractivity contribution in [1.82, 2.24) is 20.1 Å². The number of hydrogen-bond acceptors (Lipinski definition) is 4.